The number of aryl methyl sites for hydroxylation is 2. The van der Waals surface area contributed by atoms with Gasteiger partial charge in [0.25, 0.3) is 0 Å². The summed E-state index contributed by atoms with van der Waals surface area (Å²) in [7, 11) is 0. The minimum Gasteiger partial charge on any atom is -0.444 e. The highest BCUT2D eigenvalue weighted by Gasteiger charge is 2.29. The van der Waals surface area contributed by atoms with Gasteiger partial charge in [-0.3, -0.25) is 4.68 Å². The number of carbonyl (C=O) groups is 1. The second-order valence-corrected chi connectivity index (χ2v) is 7.81. The second kappa shape index (κ2) is 6.54. The van der Waals surface area contributed by atoms with Gasteiger partial charge in [0.15, 0.2) is 0 Å². The predicted octanol–water partition coefficient (Wildman–Crippen LogP) is 3.84. The summed E-state index contributed by atoms with van der Waals surface area (Å²) in [6, 6.07) is 8.50. The average molecular weight is 341 g/mol. The van der Waals surface area contributed by atoms with Crippen LogP contribution in [0.5, 0.6) is 0 Å². The van der Waals surface area contributed by atoms with Crippen molar-refractivity contribution in [2.45, 2.75) is 59.7 Å². The van der Waals surface area contributed by atoms with Crippen molar-refractivity contribution in [3.63, 3.8) is 0 Å². The topological polar surface area (TPSA) is 47.4 Å². The molecule has 0 atom stereocenters. The Labute approximate surface area is 149 Å². The van der Waals surface area contributed by atoms with Gasteiger partial charge in [0.05, 0.1) is 24.5 Å². The van der Waals surface area contributed by atoms with Crippen LogP contribution in [-0.4, -0.2) is 32.9 Å². The fourth-order valence-corrected chi connectivity index (χ4v) is 3.15. The molecule has 0 N–H and O–H groups in total. The molecule has 134 valence electrons. The van der Waals surface area contributed by atoms with Crippen molar-refractivity contribution in [2.24, 2.45) is 0 Å². The molecule has 0 spiro atoms. The molecule has 0 fully saturated rings. The third-order valence-electron chi connectivity index (χ3n) is 4.44. The zero-order valence-electron chi connectivity index (χ0n) is 15.8. The number of benzene rings is 1. The van der Waals surface area contributed by atoms with Crippen LogP contribution in [0.2, 0.25) is 0 Å². The monoisotopic (exact) mass is 341 g/mol. The Morgan fingerprint density at radius 3 is 2.52 bits per heavy atom. The summed E-state index contributed by atoms with van der Waals surface area (Å²) in [4.78, 5) is 14.2. The van der Waals surface area contributed by atoms with E-state index in [1.54, 1.807) is 4.90 Å². The van der Waals surface area contributed by atoms with E-state index in [1.165, 1.54) is 16.7 Å². The first-order valence-corrected chi connectivity index (χ1v) is 8.81. The molecular weight excluding hydrogens is 314 g/mol. The average Bonchev–Trinajstić information content (AvgIpc) is 2.84. The highest BCUT2D eigenvalue weighted by molar-refractivity contribution is 5.68. The molecule has 0 radical (unpaired) electrons. The molecule has 2 heterocycles. The first-order chi connectivity index (χ1) is 11.7. The van der Waals surface area contributed by atoms with Gasteiger partial charge in [0.1, 0.15) is 5.60 Å². The smallest absolute Gasteiger partial charge is 0.410 e. The van der Waals surface area contributed by atoms with E-state index >= 15 is 0 Å². The van der Waals surface area contributed by atoms with Crippen molar-refractivity contribution in [3.05, 3.63) is 52.3 Å². The third-order valence-corrected chi connectivity index (χ3v) is 4.44. The summed E-state index contributed by atoms with van der Waals surface area (Å²) < 4.78 is 7.56. The van der Waals surface area contributed by atoms with Crippen LogP contribution in [0, 0.1) is 13.8 Å². The second-order valence-electron chi connectivity index (χ2n) is 7.81. The van der Waals surface area contributed by atoms with Crippen molar-refractivity contribution in [3.8, 4) is 0 Å². The van der Waals surface area contributed by atoms with E-state index in [4.69, 9.17) is 9.84 Å². The van der Waals surface area contributed by atoms with Gasteiger partial charge in [0.2, 0.25) is 0 Å². The third kappa shape index (κ3) is 4.03. The van der Waals surface area contributed by atoms with Crippen LogP contribution in [0.4, 0.5) is 4.79 Å². The summed E-state index contributed by atoms with van der Waals surface area (Å²) in [5.41, 5.74) is 5.44. The van der Waals surface area contributed by atoms with Crippen LogP contribution in [0.15, 0.2) is 24.3 Å². The van der Waals surface area contributed by atoms with Gasteiger partial charge in [-0.2, -0.15) is 5.10 Å². The fraction of sp³-hybridized carbons (Fsp3) is 0.500. The molecule has 1 aliphatic rings. The summed E-state index contributed by atoms with van der Waals surface area (Å²) in [6.07, 6.45) is 0.577. The Kier molecular flexibility index (Phi) is 4.58. The Hall–Kier alpha value is -2.30. The van der Waals surface area contributed by atoms with Gasteiger partial charge >= 0.3 is 6.09 Å². The first kappa shape index (κ1) is 17.5. The van der Waals surface area contributed by atoms with E-state index in [2.05, 4.69) is 31.2 Å². The molecule has 1 aromatic carbocycles. The van der Waals surface area contributed by atoms with E-state index in [1.807, 2.05) is 32.4 Å². The number of hydrogen-bond acceptors (Lipinski definition) is 3. The lowest BCUT2D eigenvalue weighted by Gasteiger charge is -2.30. The minimum absolute atomic E-state index is 0.251. The summed E-state index contributed by atoms with van der Waals surface area (Å²) in [5, 5.41) is 4.72. The molecule has 0 unspecified atom stereocenters. The molecule has 1 aromatic heterocycles. The van der Waals surface area contributed by atoms with Gasteiger partial charge in [-0.1, -0.05) is 29.8 Å². The SMILES string of the molecule is Cc1ccc(Cn2nc(C)c3c2CN(C(=O)OC(C)(C)C)CC3)cc1. The Morgan fingerprint density at radius 1 is 1.20 bits per heavy atom. The molecule has 0 aliphatic carbocycles. The Balaban J connectivity index is 1.81. The lowest BCUT2D eigenvalue weighted by molar-refractivity contribution is 0.0219. The molecule has 0 saturated carbocycles. The highest BCUT2D eigenvalue weighted by atomic mass is 16.6. The van der Waals surface area contributed by atoms with Gasteiger partial charge in [0, 0.05) is 6.54 Å². The van der Waals surface area contributed by atoms with Crippen LogP contribution in [-0.2, 0) is 24.2 Å². The maximum absolute atomic E-state index is 12.4. The highest BCUT2D eigenvalue weighted by Crippen LogP contribution is 2.24. The lowest BCUT2D eigenvalue weighted by atomic mass is 10.0. The molecule has 0 saturated heterocycles. The molecule has 1 aliphatic heterocycles. The number of rotatable bonds is 2. The molecule has 2 aromatic rings. The fourth-order valence-electron chi connectivity index (χ4n) is 3.15. The molecule has 1 amide bonds. The molecular formula is C20H27N3O2. The number of aromatic nitrogens is 2. The largest absolute Gasteiger partial charge is 0.444 e. The zero-order valence-corrected chi connectivity index (χ0v) is 15.8. The van der Waals surface area contributed by atoms with Crippen LogP contribution in [0.1, 0.15) is 48.8 Å². The van der Waals surface area contributed by atoms with Crippen molar-refractivity contribution in [2.75, 3.05) is 6.54 Å². The van der Waals surface area contributed by atoms with Gasteiger partial charge < -0.3 is 9.64 Å². The summed E-state index contributed by atoms with van der Waals surface area (Å²) in [6.45, 7) is 11.8. The molecule has 0 bridgehead atoms. The maximum Gasteiger partial charge on any atom is 0.410 e. The number of amides is 1. The number of hydrogen-bond donors (Lipinski definition) is 0. The predicted molar refractivity (Wildman–Crippen MR) is 97.6 cm³/mol. The molecule has 5 heteroatoms. The van der Waals surface area contributed by atoms with E-state index < -0.39 is 5.60 Å². The molecule has 5 nitrogen and oxygen atoms in total. The maximum atomic E-state index is 12.4. The lowest BCUT2D eigenvalue weighted by Crippen LogP contribution is -2.40. The Bertz CT molecular complexity index is 769. The quantitative estimate of drug-likeness (QED) is 0.834. The van der Waals surface area contributed by atoms with E-state index in [0.29, 0.717) is 13.1 Å². The normalized spacial score (nSPS) is 14.4. The van der Waals surface area contributed by atoms with Crippen LogP contribution in [0.3, 0.4) is 0 Å². The van der Waals surface area contributed by atoms with Crippen molar-refractivity contribution in [1.82, 2.24) is 14.7 Å². The van der Waals surface area contributed by atoms with Crippen LogP contribution < -0.4 is 0 Å². The first-order valence-electron chi connectivity index (χ1n) is 8.81. The number of nitrogens with zero attached hydrogens (tertiary/aromatic N) is 3. The summed E-state index contributed by atoms with van der Waals surface area (Å²) in [5.74, 6) is 0. The standard InChI is InChI=1S/C20H27N3O2/c1-14-6-8-16(9-7-14)12-23-18-13-22(19(24)25-20(3,4)5)11-10-17(18)15(2)21-23/h6-9H,10-13H2,1-5H3. The number of ether oxygens (including phenoxy) is 1. The van der Waals surface area contributed by atoms with Crippen molar-refractivity contribution >= 4 is 6.09 Å². The molecule has 3 rings (SSSR count). The van der Waals surface area contributed by atoms with Gasteiger partial charge in [-0.25, -0.2) is 4.79 Å². The number of carbonyl (C=O) groups excluding carboxylic acids is 1. The summed E-state index contributed by atoms with van der Waals surface area (Å²) >= 11 is 0. The van der Waals surface area contributed by atoms with E-state index in [0.717, 1.165) is 24.4 Å². The van der Waals surface area contributed by atoms with E-state index in [-0.39, 0.29) is 6.09 Å². The van der Waals surface area contributed by atoms with Gasteiger partial charge in [-0.15, -0.1) is 0 Å². The Morgan fingerprint density at radius 2 is 1.88 bits per heavy atom. The minimum atomic E-state index is -0.477. The van der Waals surface area contributed by atoms with Crippen molar-refractivity contribution in [1.29, 1.82) is 0 Å². The van der Waals surface area contributed by atoms with E-state index in [9.17, 15) is 4.79 Å². The van der Waals surface area contributed by atoms with Crippen LogP contribution >= 0.6 is 0 Å². The van der Waals surface area contributed by atoms with Gasteiger partial charge in [-0.05, 0) is 52.2 Å². The molecule has 25 heavy (non-hydrogen) atoms. The number of fused-ring (bicyclic) bond motifs is 1. The van der Waals surface area contributed by atoms with Crippen molar-refractivity contribution < 1.29 is 9.53 Å². The van der Waals surface area contributed by atoms with Crippen LogP contribution in [0.25, 0.3) is 0 Å². The zero-order chi connectivity index (χ0) is 18.2.